The van der Waals surface area contributed by atoms with Crippen molar-refractivity contribution in [2.75, 3.05) is 14.1 Å². The fourth-order valence-electron chi connectivity index (χ4n) is 1.26. The first kappa shape index (κ1) is 16.2. The lowest BCUT2D eigenvalue weighted by atomic mass is 10.2. The van der Waals surface area contributed by atoms with Gasteiger partial charge in [0.1, 0.15) is 5.15 Å². The summed E-state index contributed by atoms with van der Waals surface area (Å²) >= 11 is 5.67. The van der Waals surface area contributed by atoms with Gasteiger partial charge in [0.15, 0.2) is 0 Å². The Labute approximate surface area is 113 Å². The van der Waals surface area contributed by atoms with Crippen molar-refractivity contribution < 1.29 is 4.79 Å². The number of aromatic nitrogens is 1. The smallest absolute Gasteiger partial charge is 0.238 e. The first-order chi connectivity index (χ1) is 7.50. The third-order valence-corrected chi connectivity index (χ3v) is 2.44. The summed E-state index contributed by atoms with van der Waals surface area (Å²) < 4.78 is 0. The number of amides is 1. The molecule has 4 nitrogen and oxygen atoms in total. The molecule has 0 fully saturated rings. The molecule has 0 spiro atoms. The second-order valence-electron chi connectivity index (χ2n) is 3.82. The minimum Gasteiger partial charge on any atom is -0.347 e. The van der Waals surface area contributed by atoms with Gasteiger partial charge in [0.05, 0.1) is 6.04 Å². The number of halogens is 2. The van der Waals surface area contributed by atoms with E-state index in [4.69, 9.17) is 11.6 Å². The number of nitrogens with one attached hydrogen (secondary N) is 1. The normalized spacial score (nSPS) is 11.5. The summed E-state index contributed by atoms with van der Waals surface area (Å²) in [5.74, 6) is 0.0573. The average molecular weight is 278 g/mol. The van der Waals surface area contributed by atoms with Crippen LogP contribution < -0.4 is 5.32 Å². The molecule has 1 heterocycles. The topological polar surface area (TPSA) is 45.2 Å². The van der Waals surface area contributed by atoms with Crippen LogP contribution in [0.15, 0.2) is 18.3 Å². The maximum atomic E-state index is 11.5. The van der Waals surface area contributed by atoms with Crippen molar-refractivity contribution in [3.8, 4) is 0 Å². The van der Waals surface area contributed by atoms with E-state index >= 15 is 0 Å². The number of rotatable bonds is 4. The molecule has 1 atom stereocenters. The highest BCUT2D eigenvalue weighted by molar-refractivity contribution is 6.29. The number of hydrogen-bond donors (Lipinski definition) is 1. The molecule has 0 saturated heterocycles. The fourth-order valence-corrected chi connectivity index (χ4v) is 1.37. The largest absolute Gasteiger partial charge is 0.347 e. The lowest BCUT2D eigenvalue weighted by Crippen LogP contribution is -2.41. The summed E-state index contributed by atoms with van der Waals surface area (Å²) in [4.78, 5) is 17.1. The van der Waals surface area contributed by atoms with Crippen LogP contribution >= 0.6 is 24.0 Å². The SMILES string of the molecule is C[C@@H](NCc1ccc(Cl)nc1)C(=O)N(C)C.Cl. The van der Waals surface area contributed by atoms with E-state index in [2.05, 4.69) is 10.3 Å². The Hall–Kier alpha value is -0.840. The molecular weight excluding hydrogens is 261 g/mol. The van der Waals surface area contributed by atoms with Gasteiger partial charge in [-0.1, -0.05) is 17.7 Å². The minimum atomic E-state index is -0.203. The number of pyridine rings is 1. The molecule has 1 aromatic rings. The molecular formula is C11H17Cl2N3O. The van der Waals surface area contributed by atoms with Crippen molar-refractivity contribution in [2.45, 2.75) is 19.5 Å². The fraction of sp³-hybridized carbons (Fsp3) is 0.455. The summed E-state index contributed by atoms with van der Waals surface area (Å²) in [7, 11) is 3.48. The number of hydrogen-bond acceptors (Lipinski definition) is 3. The highest BCUT2D eigenvalue weighted by Gasteiger charge is 2.13. The van der Waals surface area contributed by atoms with Gasteiger partial charge in [-0.15, -0.1) is 12.4 Å². The Bertz CT molecular complexity index is 354. The van der Waals surface area contributed by atoms with Crippen molar-refractivity contribution in [1.82, 2.24) is 15.2 Å². The lowest BCUT2D eigenvalue weighted by molar-refractivity contribution is -0.130. The Morgan fingerprint density at radius 1 is 1.53 bits per heavy atom. The van der Waals surface area contributed by atoms with Gasteiger partial charge >= 0.3 is 0 Å². The lowest BCUT2D eigenvalue weighted by Gasteiger charge is -2.17. The quantitative estimate of drug-likeness (QED) is 0.853. The van der Waals surface area contributed by atoms with Gasteiger partial charge in [-0.2, -0.15) is 0 Å². The second-order valence-corrected chi connectivity index (χ2v) is 4.21. The van der Waals surface area contributed by atoms with Crippen molar-refractivity contribution in [3.63, 3.8) is 0 Å². The maximum absolute atomic E-state index is 11.5. The van der Waals surface area contributed by atoms with Gasteiger partial charge in [-0.25, -0.2) is 4.98 Å². The molecule has 96 valence electrons. The zero-order valence-electron chi connectivity index (χ0n) is 10.1. The number of nitrogens with zero attached hydrogens (tertiary/aromatic N) is 2. The number of carbonyl (C=O) groups is 1. The molecule has 0 aliphatic carbocycles. The molecule has 1 amide bonds. The zero-order chi connectivity index (χ0) is 12.1. The Balaban J connectivity index is 0.00000256. The number of carbonyl (C=O) groups excluding carboxylic acids is 1. The van der Waals surface area contributed by atoms with Crippen LogP contribution in [0.25, 0.3) is 0 Å². The summed E-state index contributed by atoms with van der Waals surface area (Å²) in [6.07, 6.45) is 1.70. The molecule has 17 heavy (non-hydrogen) atoms. The minimum absolute atomic E-state index is 0. The molecule has 1 aromatic heterocycles. The molecule has 0 aliphatic rings. The van der Waals surface area contributed by atoms with Crippen LogP contribution in [0, 0.1) is 0 Å². The van der Waals surface area contributed by atoms with E-state index in [0.717, 1.165) is 5.56 Å². The van der Waals surface area contributed by atoms with E-state index in [1.165, 1.54) is 0 Å². The first-order valence-electron chi connectivity index (χ1n) is 5.05. The van der Waals surface area contributed by atoms with E-state index in [1.807, 2.05) is 13.0 Å². The van der Waals surface area contributed by atoms with Crippen LogP contribution in [0.3, 0.4) is 0 Å². The molecule has 6 heteroatoms. The highest BCUT2D eigenvalue weighted by Crippen LogP contribution is 2.05. The predicted molar refractivity (Wildman–Crippen MR) is 71.5 cm³/mol. The average Bonchev–Trinajstić information content (AvgIpc) is 2.26. The summed E-state index contributed by atoms with van der Waals surface area (Å²) in [6.45, 7) is 2.44. The third kappa shape index (κ3) is 5.35. The van der Waals surface area contributed by atoms with E-state index < -0.39 is 0 Å². The molecule has 0 saturated carbocycles. The van der Waals surface area contributed by atoms with Crippen LogP contribution in [0.4, 0.5) is 0 Å². The molecule has 0 bridgehead atoms. The summed E-state index contributed by atoms with van der Waals surface area (Å²) in [5, 5.41) is 3.60. The monoisotopic (exact) mass is 277 g/mol. The van der Waals surface area contributed by atoms with Crippen LogP contribution in [-0.4, -0.2) is 35.9 Å². The van der Waals surface area contributed by atoms with E-state index in [-0.39, 0.29) is 24.4 Å². The predicted octanol–water partition coefficient (Wildman–Crippen LogP) is 1.72. The summed E-state index contributed by atoms with van der Waals surface area (Å²) in [5.41, 5.74) is 1.00. The molecule has 1 rings (SSSR count). The van der Waals surface area contributed by atoms with E-state index in [1.54, 1.807) is 31.3 Å². The van der Waals surface area contributed by atoms with Gasteiger partial charge in [0, 0.05) is 26.8 Å². The Morgan fingerprint density at radius 3 is 2.65 bits per heavy atom. The molecule has 1 N–H and O–H groups in total. The van der Waals surface area contributed by atoms with Crippen molar-refractivity contribution in [3.05, 3.63) is 29.0 Å². The molecule has 0 radical (unpaired) electrons. The standard InChI is InChI=1S/C11H16ClN3O.ClH/c1-8(11(16)15(2)3)13-6-9-4-5-10(12)14-7-9;/h4-5,7-8,13H,6H2,1-3H3;1H/t8-;/m1./s1. The third-order valence-electron chi connectivity index (χ3n) is 2.21. The van der Waals surface area contributed by atoms with Crippen LogP contribution in [0.1, 0.15) is 12.5 Å². The van der Waals surface area contributed by atoms with Gasteiger partial charge < -0.3 is 10.2 Å². The van der Waals surface area contributed by atoms with Crippen molar-refractivity contribution >= 4 is 29.9 Å². The van der Waals surface area contributed by atoms with Crippen molar-refractivity contribution in [1.29, 1.82) is 0 Å². The van der Waals surface area contributed by atoms with Crippen LogP contribution in [-0.2, 0) is 11.3 Å². The van der Waals surface area contributed by atoms with Gasteiger partial charge in [0.25, 0.3) is 0 Å². The van der Waals surface area contributed by atoms with Crippen LogP contribution in [0.2, 0.25) is 5.15 Å². The Morgan fingerprint density at radius 2 is 2.18 bits per heavy atom. The van der Waals surface area contributed by atoms with Crippen LogP contribution in [0.5, 0.6) is 0 Å². The molecule has 0 aromatic carbocycles. The van der Waals surface area contributed by atoms with Gasteiger partial charge in [-0.3, -0.25) is 4.79 Å². The van der Waals surface area contributed by atoms with Gasteiger partial charge in [-0.05, 0) is 18.6 Å². The van der Waals surface area contributed by atoms with E-state index in [0.29, 0.717) is 11.7 Å². The molecule has 0 unspecified atom stereocenters. The van der Waals surface area contributed by atoms with Gasteiger partial charge in [0.2, 0.25) is 5.91 Å². The first-order valence-corrected chi connectivity index (χ1v) is 5.43. The zero-order valence-corrected chi connectivity index (χ0v) is 11.7. The Kier molecular flexibility index (Phi) is 7.11. The van der Waals surface area contributed by atoms with E-state index in [9.17, 15) is 4.79 Å². The second kappa shape index (κ2) is 7.48. The maximum Gasteiger partial charge on any atom is 0.238 e. The number of likely N-dealkylation sites (N-methyl/N-ethyl adjacent to an activating group) is 1. The summed E-state index contributed by atoms with van der Waals surface area (Å²) in [6, 6.07) is 3.41. The highest BCUT2D eigenvalue weighted by atomic mass is 35.5. The van der Waals surface area contributed by atoms with Crippen molar-refractivity contribution in [2.24, 2.45) is 0 Å². The molecule has 0 aliphatic heterocycles.